The molecule has 0 unspecified atom stereocenters. The first-order valence-electron chi connectivity index (χ1n) is 9.07. The van der Waals surface area contributed by atoms with Crippen molar-refractivity contribution in [3.8, 4) is 0 Å². The molecule has 0 aromatic heterocycles. The lowest BCUT2D eigenvalue weighted by molar-refractivity contribution is -0.137. The van der Waals surface area contributed by atoms with Gasteiger partial charge in [0, 0.05) is 29.9 Å². The van der Waals surface area contributed by atoms with Crippen LogP contribution in [0.15, 0.2) is 54.6 Å². The highest BCUT2D eigenvalue weighted by Crippen LogP contribution is 2.30. The van der Waals surface area contributed by atoms with Gasteiger partial charge in [-0.3, -0.25) is 9.69 Å². The molecule has 0 heterocycles. The zero-order valence-electron chi connectivity index (χ0n) is 16.5. The maximum atomic E-state index is 12.9. The molecule has 0 radical (unpaired) electrons. The molecule has 0 bridgehead atoms. The molecule has 156 valence electrons. The molecule has 0 spiro atoms. The largest absolute Gasteiger partial charge is 0.416 e. The molecule has 8 heteroatoms. The Morgan fingerprint density at radius 3 is 2.21 bits per heavy atom. The van der Waals surface area contributed by atoms with Crippen molar-refractivity contribution >= 4 is 23.3 Å². The SMILES string of the molecule is CC(C)(C)C(=O)NCCN(C(=O)Nc1cccc(C(F)(F)F)c1)c1ccccc1. The van der Waals surface area contributed by atoms with Crippen LogP contribution in [0.4, 0.5) is 29.3 Å². The Kier molecular flexibility index (Phi) is 6.89. The maximum Gasteiger partial charge on any atom is 0.416 e. The van der Waals surface area contributed by atoms with Crippen molar-refractivity contribution in [2.24, 2.45) is 5.41 Å². The predicted molar refractivity (Wildman–Crippen MR) is 107 cm³/mol. The van der Waals surface area contributed by atoms with Crippen molar-refractivity contribution in [3.05, 3.63) is 60.2 Å². The van der Waals surface area contributed by atoms with Gasteiger partial charge in [0.1, 0.15) is 0 Å². The van der Waals surface area contributed by atoms with Crippen LogP contribution < -0.4 is 15.5 Å². The van der Waals surface area contributed by atoms with Crippen LogP contribution in [0, 0.1) is 5.41 Å². The minimum Gasteiger partial charge on any atom is -0.354 e. The van der Waals surface area contributed by atoms with Gasteiger partial charge in [0.15, 0.2) is 0 Å². The molecule has 0 fully saturated rings. The van der Waals surface area contributed by atoms with E-state index in [-0.39, 0.29) is 24.7 Å². The van der Waals surface area contributed by atoms with Gasteiger partial charge in [-0.05, 0) is 30.3 Å². The molecule has 0 aliphatic carbocycles. The highest BCUT2D eigenvalue weighted by Gasteiger charge is 2.30. The highest BCUT2D eigenvalue weighted by atomic mass is 19.4. The van der Waals surface area contributed by atoms with E-state index in [2.05, 4.69) is 10.6 Å². The molecule has 3 amide bonds. The summed E-state index contributed by atoms with van der Waals surface area (Å²) in [5.41, 5.74) is -0.830. The van der Waals surface area contributed by atoms with Crippen LogP contribution in [0.2, 0.25) is 0 Å². The van der Waals surface area contributed by atoms with Crippen LogP contribution in [0.1, 0.15) is 26.3 Å². The zero-order valence-corrected chi connectivity index (χ0v) is 16.5. The number of hydrogen-bond acceptors (Lipinski definition) is 2. The Morgan fingerprint density at radius 2 is 1.62 bits per heavy atom. The molecule has 2 N–H and O–H groups in total. The maximum absolute atomic E-state index is 12.9. The third-order valence-electron chi connectivity index (χ3n) is 4.06. The molecular weight excluding hydrogens is 383 g/mol. The smallest absolute Gasteiger partial charge is 0.354 e. The first kappa shape index (κ1) is 22.3. The number of carbonyl (C=O) groups excluding carboxylic acids is 2. The number of benzene rings is 2. The lowest BCUT2D eigenvalue weighted by atomic mass is 9.96. The third-order valence-corrected chi connectivity index (χ3v) is 4.06. The third kappa shape index (κ3) is 6.51. The lowest BCUT2D eigenvalue weighted by Gasteiger charge is -2.25. The Labute approximate surface area is 167 Å². The van der Waals surface area contributed by atoms with E-state index in [0.717, 1.165) is 12.1 Å². The second kappa shape index (κ2) is 8.98. The molecule has 2 aromatic rings. The minimum absolute atomic E-state index is 0.0319. The van der Waals surface area contributed by atoms with Gasteiger partial charge in [-0.2, -0.15) is 13.2 Å². The molecule has 29 heavy (non-hydrogen) atoms. The Morgan fingerprint density at radius 1 is 0.966 bits per heavy atom. The van der Waals surface area contributed by atoms with E-state index in [4.69, 9.17) is 0 Å². The average molecular weight is 407 g/mol. The number of urea groups is 1. The molecular formula is C21H24F3N3O2. The van der Waals surface area contributed by atoms with Gasteiger partial charge < -0.3 is 10.6 Å². The summed E-state index contributed by atoms with van der Waals surface area (Å²) < 4.78 is 38.7. The first-order valence-corrected chi connectivity index (χ1v) is 9.07. The second-order valence-corrected chi connectivity index (χ2v) is 7.50. The predicted octanol–water partition coefficient (Wildman–Crippen LogP) is 4.91. The number of carbonyl (C=O) groups is 2. The zero-order chi connectivity index (χ0) is 21.7. The van der Waals surface area contributed by atoms with Crippen molar-refractivity contribution in [2.45, 2.75) is 26.9 Å². The van der Waals surface area contributed by atoms with E-state index in [0.29, 0.717) is 5.69 Å². The van der Waals surface area contributed by atoms with Crippen LogP contribution >= 0.6 is 0 Å². The summed E-state index contributed by atoms with van der Waals surface area (Å²) in [5, 5.41) is 5.26. The Balaban J connectivity index is 2.14. The van der Waals surface area contributed by atoms with E-state index in [1.54, 1.807) is 51.1 Å². The number of anilines is 2. The fourth-order valence-electron chi connectivity index (χ4n) is 2.47. The highest BCUT2D eigenvalue weighted by molar-refractivity contribution is 6.01. The molecule has 2 aromatic carbocycles. The second-order valence-electron chi connectivity index (χ2n) is 7.50. The van der Waals surface area contributed by atoms with E-state index < -0.39 is 23.2 Å². The monoisotopic (exact) mass is 407 g/mol. The van der Waals surface area contributed by atoms with Gasteiger partial charge >= 0.3 is 12.2 Å². The van der Waals surface area contributed by atoms with Gasteiger partial charge in [-0.1, -0.05) is 45.0 Å². The molecule has 0 atom stereocenters. The molecule has 2 rings (SSSR count). The van der Waals surface area contributed by atoms with E-state index in [9.17, 15) is 22.8 Å². The number of para-hydroxylation sites is 1. The average Bonchev–Trinajstić information content (AvgIpc) is 2.64. The van der Waals surface area contributed by atoms with Crippen molar-refractivity contribution in [1.82, 2.24) is 5.32 Å². The Bertz CT molecular complexity index is 846. The van der Waals surface area contributed by atoms with Crippen LogP contribution in [0.5, 0.6) is 0 Å². The summed E-state index contributed by atoms with van der Waals surface area (Å²) in [4.78, 5) is 26.2. The number of rotatable bonds is 5. The molecule has 0 aliphatic rings. The Hall–Kier alpha value is -3.03. The summed E-state index contributed by atoms with van der Waals surface area (Å²) >= 11 is 0. The van der Waals surface area contributed by atoms with Crippen LogP contribution in [-0.4, -0.2) is 25.0 Å². The quantitative estimate of drug-likeness (QED) is 0.740. The van der Waals surface area contributed by atoms with Crippen molar-refractivity contribution in [3.63, 3.8) is 0 Å². The van der Waals surface area contributed by atoms with Gasteiger partial charge in [-0.15, -0.1) is 0 Å². The molecule has 5 nitrogen and oxygen atoms in total. The normalized spacial score (nSPS) is 11.7. The van der Waals surface area contributed by atoms with Crippen LogP contribution in [0.25, 0.3) is 0 Å². The number of halogens is 3. The fraction of sp³-hybridized carbons (Fsp3) is 0.333. The summed E-state index contributed by atoms with van der Waals surface area (Å²) in [6, 6.07) is 12.5. The minimum atomic E-state index is -4.50. The summed E-state index contributed by atoms with van der Waals surface area (Å²) in [6.45, 7) is 5.67. The summed E-state index contributed by atoms with van der Waals surface area (Å²) in [6.07, 6.45) is -4.50. The van der Waals surface area contributed by atoms with E-state index in [1.165, 1.54) is 17.0 Å². The van der Waals surface area contributed by atoms with E-state index in [1.807, 2.05) is 0 Å². The summed E-state index contributed by atoms with van der Waals surface area (Å²) in [5.74, 6) is -0.163. The number of alkyl halides is 3. The number of nitrogens with one attached hydrogen (secondary N) is 2. The molecule has 0 aliphatic heterocycles. The van der Waals surface area contributed by atoms with Crippen LogP contribution in [-0.2, 0) is 11.0 Å². The van der Waals surface area contributed by atoms with Gasteiger partial charge in [0.25, 0.3) is 0 Å². The lowest BCUT2D eigenvalue weighted by Crippen LogP contribution is -2.43. The fourth-order valence-corrected chi connectivity index (χ4v) is 2.47. The van der Waals surface area contributed by atoms with Gasteiger partial charge in [0.05, 0.1) is 5.56 Å². The molecule has 0 saturated carbocycles. The van der Waals surface area contributed by atoms with E-state index >= 15 is 0 Å². The number of nitrogens with zero attached hydrogens (tertiary/aromatic N) is 1. The van der Waals surface area contributed by atoms with Crippen molar-refractivity contribution in [2.75, 3.05) is 23.3 Å². The van der Waals surface area contributed by atoms with Gasteiger partial charge in [-0.25, -0.2) is 4.79 Å². The van der Waals surface area contributed by atoms with Crippen molar-refractivity contribution < 1.29 is 22.8 Å². The van der Waals surface area contributed by atoms with Crippen LogP contribution in [0.3, 0.4) is 0 Å². The topological polar surface area (TPSA) is 61.4 Å². The number of hydrogen-bond donors (Lipinski definition) is 2. The first-order chi connectivity index (χ1) is 13.5. The summed E-state index contributed by atoms with van der Waals surface area (Å²) in [7, 11) is 0. The van der Waals surface area contributed by atoms with Crippen molar-refractivity contribution in [1.29, 1.82) is 0 Å². The standard InChI is InChI=1S/C21H24F3N3O2/c1-20(2,3)18(28)25-12-13-27(17-10-5-4-6-11-17)19(29)26-16-9-7-8-15(14-16)21(22,23)24/h4-11,14H,12-13H2,1-3H3,(H,25,28)(H,26,29). The van der Waals surface area contributed by atoms with Gasteiger partial charge in [0.2, 0.25) is 5.91 Å². The molecule has 0 saturated heterocycles. The number of amides is 3.